The first kappa shape index (κ1) is 11.0. The SMILES string of the molecule is COc1ccc(N)c(NCCCC2CC2)n1. The monoisotopic (exact) mass is 221 g/mol. The molecule has 16 heavy (non-hydrogen) atoms. The molecule has 0 saturated heterocycles. The van der Waals surface area contributed by atoms with E-state index in [1.165, 1.54) is 25.7 Å². The molecule has 0 aromatic carbocycles. The predicted molar refractivity (Wildman–Crippen MR) is 65.6 cm³/mol. The summed E-state index contributed by atoms with van der Waals surface area (Å²) in [6, 6.07) is 3.58. The molecule has 2 rings (SSSR count). The van der Waals surface area contributed by atoms with Crippen LogP contribution < -0.4 is 15.8 Å². The van der Waals surface area contributed by atoms with Gasteiger partial charge in [0.2, 0.25) is 5.88 Å². The zero-order valence-electron chi connectivity index (χ0n) is 9.70. The number of anilines is 2. The third-order valence-electron chi connectivity index (χ3n) is 2.89. The molecule has 1 aliphatic carbocycles. The zero-order chi connectivity index (χ0) is 11.4. The van der Waals surface area contributed by atoms with Gasteiger partial charge in [0.1, 0.15) is 0 Å². The molecule has 0 amide bonds. The van der Waals surface area contributed by atoms with Crippen molar-refractivity contribution in [2.75, 3.05) is 24.7 Å². The minimum absolute atomic E-state index is 0.596. The first-order valence-corrected chi connectivity index (χ1v) is 5.84. The molecule has 88 valence electrons. The number of nitrogen functional groups attached to an aromatic ring is 1. The van der Waals surface area contributed by atoms with Crippen LogP contribution in [0.15, 0.2) is 12.1 Å². The van der Waals surface area contributed by atoms with E-state index in [0.29, 0.717) is 11.6 Å². The van der Waals surface area contributed by atoms with Crippen LogP contribution in [0.2, 0.25) is 0 Å². The standard InChI is InChI=1S/C12H19N3O/c1-16-11-7-6-10(13)12(15-11)14-8-2-3-9-4-5-9/h6-7,9H,2-5,8,13H2,1H3,(H,14,15). The lowest BCUT2D eigenvalue weighted by molar-refractivity contribution is 0.398. The second kappa shape index (κ2) is 5.05. The Morgan fingerprint density at radius 2 is 2.31 bits per heavy atom. The van der Waals surface area contributed by atoms with Crippen molar-refractivity contribution < 1.29 is 4.74 Å². The van der Waals surface area contributed by atoms with Crippen molar-refractivity contribution in [1.82, 2.24) is 4.98 Å². The van der Waals surface area contributed by atoms with Gasteiger partial charge in [-0.1, -0.05) is 12.8 Å². The molecule has 1 heterocycles. The van der Waals surface area contributed by atoms with E-state index in [1.54, 1.807) is 13.2 Å². The van der Waals surface area contributed by atoms with Crippen LogP contribution in [0.5, 0.6) is 5.88 Å². The first-order chi connectivity index (χ1) is 7.79. The summed E-state index contributed by atoms with van der Waals surface area (Å²) < 4.78 is 5.06. The molecule has 1 saturated carbocycles. The van der Waals surface area contributed by atoms with Crippen molar-refractivity contribution in [3.8, 4) is 5.88 Å². The lowest BCUT2D eigenvalue weighted by atomic mass is 10.2. The molecule has 0 atom stereocenters. The summed E-state index contributed by atoms with van der Waals surface area (Å²) in [5, 5.41) is 3.25. The van der Waals surface area contributed by atoms with Crippen molar-refractivity contribution in [2.24, 2.45) is 5.92 Å². The van der Waals surface area contributed by atoms with Crippen LogP contribution in [-0.2, 0) is 0 Å². The van der Waals surface area contributed by atoms with Crippen LogP contribution in [-0.4, -0.2) is 18.6 Å². The minimum Gasteiger partial charge on any atom is -0.481 e. The molecule has 1 aliphatic rings. The fourth-order valence-corrected chi connectivity index (χ4v) is 1.71. The van der Waals surface area contributed by atoms with Crippen molar-refractivity contribution in [3.63, 3.8) is 0 Å². The van der Waals surface area contributed by atoms with E-state index < -0.39 is 0 Å². The first-order valence-electron chi connectivity index (χ1n) is 5.84. The van der Waals surface area contributed by atoms with Gasteiger partial charge in [-0.25, -0.2) is 0 Å². The third kappa shape index (κ3) is 3.02. The maximum absolute atomic E-state index is 5.82. The highest BCUT2D eigenvalue weighted by atomic mass is 16.5. The number of pyridine rings is 1. The lowest BCUT2D eigenvalue weighted by Gasteiger charge is -2.09. The topological polar surface area (TPSA) is 60.2 Å². The van der Waals surface area contributed by atoms with Crippen LogP contribution >= 0.6 is 0 Å². The molecule has 0 unspecified atom stereocenters. The smallest absolute Gasteiger partial charge is 0.215 e. The Balaban J connectivity index is 1.81. The number of hydrogen-bond donors (Lipinski definition) is 2. The summed E-state index contributed by atoms with van der Waals surface area (Å²) in [4.78, 5) is 4.26. The van der Waals surface area contributed by atoms with Gasteiger partial charge < -0.3 is 15.8 Å². The summed E-state index contributed by atoms with van der Waals surface area (Å²) in [7, 11) is 1.61. The fraction of sp³-hybridized carbons (Fsp3) is 0.583. The van der Waals surface area contributed by atoms with Crippen molar-refractivity contribution in [2.45, 2.75) is 25.7 Å². The van der Waals surface area contributed by atoms with Crippen LogP contribution in [0.4, 0.5) is 11.5 Å². The molecule has 3 N–H and O–H groups in total. The number of aromatic nitrogens is 1. The Hall–Kier alpha value is -1.45. The minimum atomic E-state index is 0.596. The Morgan fingerprint density at radius 1 is 1.50 bits per heavy atom. The normalized spacial score (nSPS) is 14.8. The molecular weight excluding hydrogens is 202 g/mol. The predicted octanol–water partition coefficient (Wildman–Crippen LogP) is 2.27. The van der Waals surface area contributed by atoms with E-state index >= 15 is 0 Å². The number of nitrogens with two attached hydrogens (primary N) is 1. The van der Waals surface area contributed by atoms with E-state index in [-0.39, 0.29) is 0 Å². The van der Waals surface area contributed by atoms with E-state index in [4.69, 9.17) is 10.5 Å². The van der Waals surface area contributed by atoms with Gasteiger partial charge in [0, 0.05) is 12.6 Å². The van der Waals surface area contributed by atoms with Gasteiger partial charge in [0.25, 0.3) is 0 Å². The fourth-order valence-electron chi connectivity index (χ4n) is 1.71. The molecule has 0 spiro atoms. The van der Waals surface area contributed by atoms with E-state index in [9.17, 15) is 0 Å². The van der Waals surface area contributed by atoms with E-state index in [2.05, 4.69) is 10.3 Å². The van der Waals surface area contributed by atoms with Crippen molar-refractivity contribution in [3.05, 3.63) is 12.1 Å². The Kier molecular flexibility index (Phi) is 3.49. The molecule has 1 fully saturated rings. The summed E-state index contributed by atoms with van der Waals surface area (Å²) in [5.74, 6) is 2.31. The maximum atomic E-state index is 5.82. The molecule has 1 aromatic heterocycles. The van der Waals surface area contributed by atoms with Crippen LogP contribution in [0, 0.1) is 5.92 Å². The van der Waals surface area contributed by atoms with Gasteiger partial charge in [0.05, 0.1) is 12.8 Å². The number of rotatable bonds is 6. The van der Waals surface area contributed by atoms with Gasteiger partial charge in [-0.3, -0.25) is 0 Å². The molecule has 0 bridgehead atoms. The van der Waals surface area contributed by atoms with Gasteiger partial charge >= 0.3 is 0 Å². The quantitative estimate of drug-likeness (QED) is 0.723. The summed E-state index contributed by atoms with van der Waals surface area (Å²) in [6.45, 7) is 0.931. The van der Waals surface area contributed by atoms with Gasteiger partial charge in [-0.15, -0.1) is 0 Å². The molecular formula is C12H19N3O. The van der Waals surface area contributed by atoms with Gasteiger partial charge in [0.15, 0.2) is 5.82 Å². The highest BCUT2D eigenvalue weighted by molar-refractivity contribution is 5.61. The molecule has 4 nitrogen and oxygen atoms in total. The molecule has 4 heteroatoms. The average molecular weight is 221 g/mol. The third-order valence-corrected chi connectivity index (χ3v) is 2.89. The second-order valence-electron chi connectivity index (χ2n) is 4.30. The van der Waals surface area contributed by atoms with Gasteiger partial charge in [-0.2, -0.15) is 4.98 Å². The summed E-state index contributed by atoms with van der Waals surface area (Å²) in [6.07, 6.45) is 5.33. The molecule has 1 aromatic rings. The van der Waals surface area contributed by atoms with Gasteiger partial charge in [-0.05, 0) is 24.8 Å². The van der Waals surface area contributed by atoms with E-state index in [1.807, 2.05) is 6.07 Å². The van der Waals surface area contributed by atoms with Crippen LogP contribution in [0.3, 0.4) is 0 Å². The number of ether oxygens (including phenoxy) is 1. The summed E-state index contributed by atoms with van der Waals surface area (Å²) in [5.41, 5.74) is 6.49. The molecule has 0 radical (unpaired) electrons. The number of nitrogens with zero attached hydrogens (tertiary/aromatic N) is 1. The number of methoxy groups -OCH3 is 1. The maximum Gasteiger partial charge on any atom is 0.215 e. The Morgan fingerprint density at radius 3 is 3.00 bits per heavy atom. The number of nitrogens with one attached hydrogen (secondary N) is 1. The summed E-state index contributed by atoms with van der Waals surface area (Å²) >= 11 is 0. The number of hydrogen-bond acceptors (Lipinski definition) is 4. The zero-order valence-corrected chi connectivity index (χ0v) is 9.70. The van der Waals surface area contributed by atoms with Crippen LogP contribution in [0.1, 0.15) is 25.7 Å². The second-order valence-corrected chi connectivity index (χ2v) is 4.30. The van der Waals surface area contributed by atoms with Crippen molar-refractivity contribution >= 4 is 11.5 Å². The largest absolute Gasteiger partial charge is 0.481 e. The van der Waals surface area contributed by atoms with Crippen LogP contribution in [0.25, 0.3) is 0 Å². The highest BCUT2D eigenvalue weighted by Gasteiger charge is 2.19. The Bertz CT molecular complexity index is 350. The average Bonchev–Trinajstić information content (AvgIpc) is 3.10. The molecule has 0 aliphatic heterocycles. The van der Waals surface area contributed by atoms with Crippen molar-refractivity contribution in [1.29, 1.82) is 0 Å². The van der Waals surface area contributed by atoms with E-state index in [0.717, 1.165) is 18.3 Å². The Labute approximate surface area is 96.2 Å². The highest BCUT2D eigenvalue weighted by Crippen LogP contribution is 2.33. The lowest BCUT2D eigenvalue weighted by Crippen LogP contribution is -2.07.